The van der Waals surface area contributed by atoms with Crippen molar-refractivity contribution in [3.8, 4) is 5.75 Å². The molecule has 0 atom stereocenters. The number of carbonyl (C=O) groups is 1. The lowest BCUT2D eigenvalue weighted by Gasteiger charge is -2.00. The van der Waals surface area contributed by atoms with Gasteiger partial charge in [0.2, 0.25) is 0 Å². The molecule has 0 amide bonds. The Morgan fingerprint density at radius 2 is 2.29 bits per heavy atom. The van der Waals surface area contributed by atoms with Gasteiger partial charge in [0, 0.05) is 16.9 Å². The fourth-order valence-corrected chi connectivity index (χ4v) is 1.68. The van der Waals surface area contributed by atoms with E-state index >= 15 is 0 Å². The summed E-state index contributed by atoms with van der Waals surface area (Å²) in [6.45, 7) is 0. The van der Waals surface area contributed by atoms with Gasteiger partial charge >= 0.3 is 0 Å². The lowest BCUT2D eigenvalue weighted by atomic mass is 10.1. The Labute approximate surface area is 106 Å². The first-order chi connectivity index (χ1) is 8.16. The normalized spacial score (nSPS) is 10.9. The number of phenols is 1. The number of rotatable bonds is 3. The van der Waals surface area contributed by atoms with E-state index in [0.717, 1.165) is 4.47 Å². The van der Waals surface area contributed by atoms with Gasteiger partial charge in [-0.25, -0.2) is 4.98 Å². The van der Waals surface area contributed by atoms with Gasteiger partial charge in [0.05, 0.1) is 5.56 Å². The van der Waals surface area contributed by atoms with Crippen molar-refractivity contribution in [2.75, 3.05) is 0 Å². The Balaban J connectivity index is 2.20. The number of benzene rings is 1. The van der Waals surface area contributed by atoms with Gasteiger partial charge in [-0.3, -0.25) is 4.79 Å². The van der Waals surface area contributed by atoms with Crippen molar-refractivity contribution in [1.82, 2.24) is 9.97 Å². The molecule has 0 radical (unpaired) electrons. The lowest BCUT2D eigenvalue weighted by molar-refractivity contribution is 0.104. The highest BCUT2D eigenvalue weighted by Gasteiger charge is 2.08. The van der Waals surface area contributed by atoms with Gasteiger partial charge in [-0.1, -0.05) is 15.9 Å². The number of nitrogens with one attached hydrogen (secondary N) is 1. The number of nitrogens with zero attached hydrogens (tertiary/aromatic N) is 1. The van der Waals surface area contributed by atoms with Gasteiger partial charge in [-0.05, 0) is 30.4 Å². The molecule has 2 N–H and O–H groups in total. The number of phenolic OH excluding ortho intramolecular Hbond substituents is 1. The minimum atomic E-state index is -0.272. The summed E-state index contributed by atoms with van der Waals surface area (Å²) >= 11 is 3.21. The second kappa shape index (κ2) is 4.97. The van der Waals surface area contributed by atoms with E-state index in [4.69, 9.17) is 0 Å². The first-order valence-corrected chi connectivity index (χ1v) is 5.66. The molecule has 0 aliphatic carbocycles. The third-order valence-electron chi connectivity index (χ3n) is 2.14. The summed E-state index contributed by atoms with van der Waals surface area (Å²) in [5, 5.41) is 9.61. The van der Waals surface area contributed by atoms with E-state index in [1.807, 2.05) is 0 Å². The Hall–Kier alpha value is -1.88. The van der Waals surface area contributed by atoms with Crippen LogP contribution in [0, 0.1) is 0 Å². The third-order valence-corrected chi connectivity index (χ3v) is 2.63. The molecule has 5 heteroatoms. The quantitative estimate of drug-likeness (QED) is 0.675. The van der Waals surface area contributed by atoms with Gasteiger partial charge in [-0.15, -0.1) is 0 Å². The molecule has 2 aromatic rings. The largest absolute Gasteiger partial charge is 0.507 e. The summed E-state index contributed by atoms with van der Waals surface area (Å²) in [5.74, 6) is 0.273. The molecular formula is C12H9BrN2O2. The molecule has 0 fully saturated rings. The molecule has 1 heterocycles. The summed E-state index contributed by atoms with van der Waals surface area (Å²) in [4.78, 5) is 18.6. The second-order valence-corrected chi connectivity index (χ2v) is 4.25. The van der Waals surface area contributed by atoms with E-state index in [2.05, 4.69) is 25.9 Å². The number of hydrogen-bond acceptors (Lipinski definition) is 3. The van der Waals surface area contributed by atoms with Crippen LogP contribution in [0.3, 0.4) is 0 Å². The smallest absolute Gasteiger partial charge is 0.189 e. The van der Waals surface area contributed by atoms with Crippen molar-refractivity contribution in [2.45, 2.75) is 0 Å². The number of carbonyl (C=O) groups excluding carboxylic acids is 1. The second-order valence-electron chi connectivity index (χ2n) is 3.33. The average Bonchev–Trinajstić information content (AvgIpc) is 2.78. The van der Waals surface area contributed by atoms with Crippen molar-refractivity contribution in [2.24, 2.45) is 0 Å². The average molecular weight is 293 g/mol. The minimum Gasteiger partial charge on any atom is -0.507 e. The van der Waals surface area contributed by atoms with Crippen molar-refractivity contribution in [3.05, 3.63) is 52.5 Å². The summed E-state index contributed by atoms with van der Waals surface area (Å²) in [7, 11) is 0. The van der Waals surface area contributed by atoms with Crippen LogP contribution < -0.4 is 0 Å². The molecule has 1 aromatic heterocycles. The van der Waals surface area contributed by atoms with Crippen LogP contribution in [0.15, 0.2) is 41.1 Å². The standard InChI is InChI=1S/C12H9BrN2O2/c13-8-1-2-9(11(17)7-8)10(16)3-4-12-14-5-6-15-12/h1-7,17H,(H,14,15). The van der Waals surface area contributed by atoms with E-state index in [1.165, 1.54) is 12.1 Å². The number of allylic oxidation sites excluding steroid dienone is 1. The van der Waals surface area contributed by atoms with E-state index in [9.17, 15) is 9.90 Å². The Bertz CT molecular complexity index is 562. The molecule has 2 rings (SSSR count). The maximum absolute atomic E-state index is 11.8. The highest BCUT2D eigenvalue weighted by Crippen LogP contribution is 2.22. The van der Waals surface area contributed by atoms with Crippen LogP contribution in [-0.2, 0) is 0 Å². The molecular weight excluding hydrogens is 284 g/mol. The van der Waals surface area contributed by atoms with Gasteiger partial charge in [0.25, 0.3) is 0 Å². The van der Waals surface area contributed by atoms with Gasteiger partial charge in [0.15, 0.2) is 5.78 Å². The minimum absolute atomic E-state index is 0.0477. The molecule has 86 valence electrons. The molecule has 0 saturated carbocycles. The molecule has 4 nitrogen and oxygen atoms in total. The van der Waals surface area contributed by atoms with Crippen LogP contribution in [0.2, 0.25) is 0 Å². The third kappa shape index (κ3) is 2.82. The van der Waals surface area contributed by atoms with E-state index in [0.29, 0.717) is 5.82 Å². The molecule has 0 spiro atoms. The Morgan fingerprint density at radius 3 is 2.94 bits per heavy atom. The van der Waals surface area contributed by atoms with Crippen LogP contribution in [0.25, 0.3) is 6.08 Å². The maximum atomic E-state index is 11.8. The number of halogens is 1. The van der Waals surface area contributed by atoms with Crippen molar-refractivity contribution in [3.63, 3.8) is 0 Å². The monoisotopic (exact) mass is 292 g/mol. The van der Waals surface area contributed by atoms with Crippen LogP contribution in [0.4, 0.5) is 0 Å². The highest BCUT2D eigenvalue weighted by molar-refractivity contribution is 9.10. The summed E-state index contributed by atoms with van der Waals surface area (Å²) in [6, 6.07) is 4.75. The number of imidazole rings is 1. The summed E-state index contributed by atoms with van der Waals surface area (Å²) in [5.41, 5.74) is 0.260. The number of hydrogen-bond donors (Lipinski definition) is 2. The van der Waals surface area contributed by atoms with Crippen molar-refractivity contribution in [1.29, 1.82) is 0 Å². The van der Waals surface area contributed by atoms with Crippen LogP contribution >= 0.6 is 15.9 Å². The zero-order chi connectivity index (χ0) is 12.3. The fourth-order valence-electron chi connectivity index (χ4n) is 1.33. The summed E-state index contributed by atoms with van der Waals surface area (Å²) < 4.78 is 0.724. The fraction of sp³-hybridized carbons (Fsp3) is 0. The van der Waals surface area contributed by atoms with Crippen LogP contribution in [-0.4, -0.2) is 20.9 Å². The van der Waals surface area contributed by atoms with Gasteiger partial charge in [0.1, 0.15) is 11.6 Å². The first kappa shape index (κ1) is 11.6. The van der Waals surface area contributed by atoms with Crippen molar-refractivity contribution >= 4 is 27.8 Å². The van der Waals surface area contributed by atoms with Gasteiger partial charge < -0.3 is 10.1 Å². The zero-order valence-corrected chi connectivity index (χ0v) is 10.3. The lowest BCUT2D eigenvalue weighted by Crippen LogP contribution is -1.94. The van der Waals surface area contributed by atoms with Crippen LogP contribution in [0.1, 0.15) is 16.2 Å². The Kier molecular flexibility index (Phi) is 3.39. The molecule has 0 aliphatic heterocycles. The molecule has 0 unspecified atom stereocenters. The van der Waals surface area contributed by atoms with Gasteiger partial charge in [-0.2, -0.15) is 0 Å². The summed E-state index contributed by atoms with van der Waals surface area (Å²) in [6.07, 6.45) is 6.19. The molecule has 1 aromatic carbocycles. The zero-order valence-electron chi connectivity index (χ0n) is 8.72. The maximum Gasteiger partial charge on any atom is 0.189 e. The molecule has 0 saturated heterocycles. The number of aromatic hydroxyl groups is 1. The van der Waals surface area contributed by atoms with E-state index < -0.39 is 0 Å². The molecule has 17 heavy (non-hydrogen) atoms. The van der Waals surface area contributed by atoms with E-state index in [1.54, 1.807) is 30.6 Å². The predicted octanol–water partition coefficient (Wildman–Crippen LogP) is 2.77. The molecule has 0 aliphatic rings. The number of ketones is 1. The predicted molar refractivity (Wildman–Crippen MR) is 67.8 cm³/mol. The topological polar surface area (TPSA) is 66.0 Å². The number of aromatic amines is 1. The SMILES string of the molecule is O=C(C=Cc1ncc[nH]1)c1ccc(Br)cc1O. The van der Waals surface area contributed by atoms with Crippen molar-refractivity contribution < 1.29 is 9.90 Å². The Morgan fingerprint density at radius 1 is 1.47 bits per heavy atom. The van der Waals surface area contributed by atoms with Crippen LogP contribution in [0.5, 0.6) is 5.75 Å². The number of aromatic nitrogens is 2. The van der Waals surface area contributed by atoms with E-state index in [-0.39, 0.29) is 17.1 Å². The molecule has 0 bridgehead atoms. The first-order valence-electron chi connectivity index (χ1n) is 4.87. The highest BCUT2D eigenvalue weighted by atomic mass is 79.9. The number of H-pyrrole nitrogens is 1.